The fourth-order valence-electron chi connectivity index (χ4n) is 1.79. The van der Waals surface area contributed by atoms with E-state index in [1.54, 1.807) is 0 Å². The molecule has 1 heterocycles. The second-order valence-electron chi connectivity index (χ2n) is 4.11. The van der Waals surface area contributed by atoms with Gasteiger partial charge in [-0.3, -0.25) is 16.0 Å². The molecule has 0 saturated carbocycles. The third-order valence-electron chi connectivity index (χ3n) is 2.63. The first-order valence-corrected chi connectivity index (χ1v) is 5.79. The van der Waals surface area contributed by atoms with Gasteiger partial charge in [0.1, 0.15) is 0 Å². The van der Waals surface area contributed by atoms with Crippen molar-refractivity contribution in [2.45, 2.75) is 46.2 Å². The highest BCUT2D eigenvalue weighted by atomic mass is 15.3. The number of hydrogen-bond donors (Lipinski definition) is 2. The Morgan fingerprint density at radius 2 is 2.31 bits per heavy atom. The number of aryl methyl sites for hydroxylation is 2. The van der Waals surface area contributed by atoms with Crippen molar-refractivity contribution in [1.29, 1.82) is 0 Å². The summed E-state index contributed by atoms with van der Waals surface area (Å²) in [5.74, 6) is 5.60. The lowest BCUT2D eigenvalue weighted by Gasteiger charge is -2.16. The minimum Gasteiger partial charge on any atom is -0.271 e. The Balaban J connectivity index is 2.97. The smallest absolute Gasteiger partial charge is 0.0665 e. The van der Waals surface area contributed by atoms with E-state index in [0.29, 0.717) is 0 Å². The molecule has 0 fully saturated rings. The highest BCUT2D eigenvalue weighted by molar-refractivity contribution is 5.16. The van der Waals surface area contributed by atoms with Gasteiger partial charge in [0.05, 0.1) is 17.4 Å². The van der Waals surface area contributed by atoms with Crippen LogP contribution in [-0.2, 0) is 13.0 Å². The van der Waals surface area contributed by atoms with E-state index in [9.17, 15) is 0 Å². The van der Waals surface area contributed by atoms with Crippen molar-refractivity contribution in [3.8, 4) is 0 Å². The van der Waals surface area contributed by atoms with Crippen LogP contribution in [0.15, 0.2) is 18.2 Å². The molecule has 0 aromatic carbocycles. The second-order valence-corrected chi connectivity index (χ2v) is 4.11. The van der Waals surface area contributed by atoms with Gasteiger partial charge in [-0.15, -0.1) is 6.58 Å². The molecule has 0 amide bonds. The molecule has 0 spiro atoms. The Morgan fingerprint density at radius 1 is 1.62 bits per heavy atom. The quantitative estimate of drug-likeness (QED) is 0.439. The molecular formula is C12H22N4. The third-order valence-corrected chi connectivity index (χ3v) is 2.63. The van der Waals surface area contributed by atoms with E-state index < -0.39 is 0 Å². The maximum absolute atomic E-state index is 5.60. The molecule has 0 radical (unpaired) electrons. The first-order valence-electron chi connectivity index (χ1n) is 5.79. The fourth-order valence-corrected chi connectivity index (χ4v) is 1.79. The Bertz CT molecular complexity index is 354. The Hall–Kier alpha value is -1.13. The Kier molecular flexibility index (Phi) is 4.71. The molecule has 0 bridgehead atoms. The molecule has 0 aliphatic heterocycles. The van der Waals surface area contributed by atoms with Crippen molar-refractivity contribution >= 4 is 0 Å². The van der Waals surface area contributed by atoms with Crippen LogP contribution < -0.4 is 11.3 Å². The highest BCUT2D eigenvalue weighted by Gasteiger charge is 2.16. The molecule has 1 unspecified atom stereocenters. The average Bonchev–Trinajstić information content (AvgIpc) is 2.68. The summed E-state index contributed by atoms with van der Waals surface area (Å²) >= 11 is 0. The van der Waals surface area contributed by atoms with Crippen LogP contribution in [0.1, 0.15) is 44.6 Å². The molecule has 0 aliphatic carbocycles. The van der Waals surface area contributed by atoms with Crippen LogP contribution in [0.5, 0.6) is 0 Å². The maximum atomic E-state index is 5.60. The molecular weight excluding hydrogens is 200 g/mol. The van der Waals surface area contributed by atoms with Crippen molar-refractivity contribution in [2.75, 3.05) is 0 Å². The summed E-state index contributed by atoms with van der Waals surface area (Å²) in [4.78, 5) is 0. The number of rotatable bonds is 6. The number of nitrogens with one attached hydrogen (secondary N) is 1. The number of nitrogens with two attached hydrogens (primary N) is 1. The van der Waals surface area contributed by atoms with E-state index in [2.05, 4.69) is 37.0 Å². The van der Waals surface area contributed by atoms with Crippen LogP contribution in [-0.4, -0.2) is 9.78 Å². The summed E-state index contributed by atoms with van der Waals surface area (Å²) in [6, 6.07) is 2.22. The summed E-state index contributed by atoms with van der Waals surface area (Å²) in [5.41, 5.74) is 6.21. The van der Waals surface area contributed by atoms with Crippen LogP contribution in [0.25, 0.3) is 0 Å². The molecule has 4 nitrogen and oxygen atoms in total. The summed E-state index contributed by atoms with van der Waals surface area (Å²) in [6.07, 6.45) is 1.79. The Labute approximate surface area is 97.5 Å². The molecule has 1 atom stereocenters. The molecule has 16 heavy (non-hydrogen) atoms. The zero-order valence-corrected chi connectivity index (χ0v) is 10.5. The van der Waals surface area contributed by atoms with Crippen LogP contribution in [0.3, 0.4) is 0 Å². The van der Waals surface area contributed by atoms with Crippen molar-refractivity contribution in [1.82, 2.24) is 15.2 Å². The van der Waals surface area contributed by atoms with Crippen LogP contribution in [0.2, 0.25) is 0 Å². The first-order chi connectivity index (χ1) is 7.62. The molecule has 3 N–H and O–H groups in total. The van der Waals surface area contributed by atoms with Gasteiger partial charge in [0, 0.05) is 6.54 Å². The lowest BCUT2D eigenvalue weighted by molar-refractivity contribution is 0.489. The monoisotopic (exact) mass is 222 g/mol. The van der Waals surface area contributed by atoms with Crippen LogP contribution in [0.4, 0.5) is 0 Å². The van der Waals surface area contributed by atoms with Crippen molar-refractivity contribution in [3.63, 3.8) is 0 Å². The predicted octanol–water partition coefficient (Wildman–Crippen LogP) is 1.94. The molecule has 1 aromatic rings. The average molecular weight is 222 g/mol. The van der Waals surface area contributed by atoms with E-state index in [4.69, 9.17) is 5.84 Å². The molecule has 1 rings (SSSR count). The van der Waals surface area contributed by atoms with Crippen LogP contribution >= 0.6 is 0 Å². The van der Waals surface area contributed by atoms with Gasteiger partial charge < -0.3 is 0 Å². The molecule has 90 valence electrons. The first kappa shape index (κ1) is 12.9. The van der Waals surface area contributed by atoms with Gasteiger partial charge in [-0.2, -0.15) is 5.10 Å². The number of hydrazine groups is 1. The van der Waals surface area contributed by atoms with Gasteiger partial charge in [0.15, 0.2) is 0 Å². The summed E-state index contributed by atoms with van der Waals surface area (Å²) in [5, 5.41) is 4.51. The van der Waals surface area contributed by atoms with Gasteiger partial charge in [-0.1, -0.05) is 12.5 Å². The molecule has 1 aromatic heterocycles. The number of hydrogen-bond acceptors (Lipinski definition) is 3. The van der Waals surface area contributed by atoms with Gasteiger partial charge in [-0.05, 0) is 32.8 Å². The van der Waals surface area contributed by atoms with E-state index in [-0.39, 0.29) is 6.04 Å². The van der Waals surface area contributed by atoms with Crippen molar-refractivity contribution < 1.29 is 0 Å². The normalized spacial score (nSPS) is 12.8. The third kappa shape index (κ3) is 2.93. The van der Waals surface area contributed by atoms with Crippen molar-refractivity contribution in [2.24, 2.45) is 5.84 Å². The lowest BCUT2D eigenvalue weighted by atomic mass is 10.1. The minimum atomic E-state index is 0.102. The summed E-state index contributed by atoms with van der Waals surface area (Å²) < 4.78 is 2.01. The molecule has 4 heteroatoms. The minimum absolute atomic E-state index is 0.102. The summed E-state index contributed by atoms with van der Waals surface area (Å²) in [7, 11) is 0. The number of nitrogens with zero attached hydrogens (tertiary/aromatic N) is 2. The maximum Gasteiger partial charge on any atom is 0.0665 e. The van der Waals surface area contributed by atoms with Gasteiger partial charge >= 0.3 is 0 Å². The van der Waals surface area contributed by atoms with Crippen molar-refractivity contribution in [3.05, 3.63) is 29.6 Å². The molecule has 0 aliphatic rings. The largest absolute Gasteiger partial charge is 0.271 e. The van der Waals surface area contributed by atoms with Gasteiger partial charge in [0.25, 0.3) is 0 Å². The lowest BCUT2D eigenvalue weighted by Crippen LogP contribution is -2.30. The predicted molar refractivity (Wildman–Crippen MR) is 66.8 cm³/mol. The number of aromatic nitrogens is 2. The van der Waals surface area contributed by atoms with Gasteiger partial charge in [0.2, 0.25) is 0 Å². The zero-order valence-electron chi connectivity index (χ0n) is 10.5. The van der Waals surface area contributed by atoms with E-state index >= 15 is 0 Å². The van der Waals surface area contributed by atoms with Gasteiger partial charge in [-0.25, -0.2) is 0 Å². The fraction of sp³-hybridized carbons (Fsp3) is 0.583. The van der Waals surface area contributed by atoms with E-state index in [1.165, 1.54) is 0 Å². The molecule has 0 saturated heterocycles. The highest BCUT2D eigenvalue weighted by Crippen LogP contribution is 2.20. The second kappa shape index (κ2) is 5.82. The zero-order chi connectivity index (χ0) is 12.1. The van der Waals surface area contributed by atoms with E-state index in [1.807, 2.05) is 11.6 Å². The topological polar surface area (TPSA) is 55.9 Å². The van der Waals surface area contributed by atoms with E-state index in [0.717, 1.165) is 36.3 Å². The Morgan fingerprint density at radius 3 is 2.75 bits per heavy atom. The SMILES string of the molecule is C=C(C)CC(NN)c1cc(CC)nn1CC. The summed E-state index contributed by atoms with van der Waals surface area (Å²) in [6.45, 7) is 11.0. The van der Waals surface area contributed by atoms with Crippen LogP contribution in [0, 0.1) is 0 Å². The standard InChI is InChI=1S/C12H22N4/c1-5-10-8-12(16(6-2)15-10)11(14-13)7-9(3)4/h8,11,14H,3,5-7,13H2,1-2,4H3.